The molecule has 33 heavy (non-hydrogen) atoms. The molecule has 0 heterocycles. The minimum absolute atomic E-state index is 0.146. The first kappa shape index (κ1) is 23.7. The summed E-state index contributed by atoms with van der Waals surface area (Å²) in [5.74, 6) is 0.586. The van der Waals surface area contributed by atoms with E-state index in [-0.39, 0.29) is 16.0 Å². The maximum atomic E-state index is 12.9. The molecule has 1 aliphatic carbocycles. The van der Waals surface area contributed by atoms with Crippen LogP contribution in [0.4, 0.5) is 0 Å². The quantitative estimate of drug-likeness (QED) is 0.345. The number of benzene rings is 3. The molecule has 0 radical (unpaired) electrons. The van der Waals surface area contributed by atoms with Gasteiger partial charge >= 0.3 is 8.32 Å². The molecule has 0 spiro atoms. The van der Waals surface area contributed by atoms with E-state index in [1.807, 2.05) is 49.4 Å². The Morgan fingerprint density at radius 1 is 0.848 bits per heavy atom. The number of rotatable bonds is 7. The predicted molar refractivity (Wildman–Crippen MR) is 135 cm³/mol. The highest BCUT2D eigenvalue weighted by Crippen LogP contribution is 2.39. The van der Waals surface area contributed by atoms with E-state index >= 15 is 0 Å². The van der Waals surface area contributed by atoms with Gasteiger partial charge in [0.1, 0.15) is 5.75 Å². The van der Waals surface area contributed by atoms with E-state index in [2.05, 4.69) is 45.0 Å². The van der Waals surface area contributed by atoms with Gasteiger partial charge in [0.2, 0.25) is 0 Å². The third-order valence-corrected chi connectivity index (χ3v) is 12.7. The molecule has 0 saturated heterocycles. The Labute approximate surface area is 198 Å². The van der Waals surface area contributed by atoms with Crippen molar-refractivity contribution >= 4 is 28.8 Å². The van der Waals surface area contributed by atoms with Crippen molar-refractivity contribution in [1.82, 2.24) is 0 Å². The molecule has 6 heteroatoms. The maximum absolute atomic E-state index is 12.9. The van der Waals surface area contributed by atoms with Crippen LogP contribution in [0.1, 0.15) is 45.6 Å². The molecule has 0 N–H and O–H groups in total. The van der Waals surface area contributed by atoms with Gasteiger partial charge in [0.05, 0.1) is 11.0 Å². The molecule has 3 aromatic carbocycles. The summed E-state index contributed by atoms with van der Waals surface area (Å²) in [6.07, 6.45) is 2.38. The third kappa shape index (κ3) is 4.65. The van der Waals surface area contributed by atoms with E-state index in [1.54, 1.807) is 12.1 Å². The second-order valence-electron chi connectivity index (χ2n) is 9.80. The van der Waals surface area contributed by atoms with Gasteiger partial charge < -0.3 is 4.43 Å². The Morgan fingerprint density at radius 3 is 1.85 bits per heavy atom. The van der Waals surface area contributed by atoms with Crippen LogP contribution in [0.25, 0.3) is 0 Å². The van der Waals surface area contributed by atoms with Crippen LogP contribution in [0.15, 0.2) is 83.8 Å². The molecule has 0 amide bonds. The first-order valence-electron chi connectivity index (χ1n) is 11.5. The number of hydrogen-bond donors (Lipinski definition) is 0. The van der Waals surface area contributed by atoms with Crippen molar-refractivity contribution in [1.29, 1.82) is 0 Å². The lowest BCUT2D eigenvalue weighted by Gasteiger charge is -2.43. The predicted octanol–water partition coefficient (Wildman–Crippen LogP) is 5.19. The van der Waals surface area contributed by atoms with Gasteiger partial charge in [-0.3, -0.25) is 4.18 Å². The summed E-state index contributed by atoms with van der Waals surface area (Å²) < 4.78 is 38.4. The normalized spacial score (nSPS) is 15.2. The average Bonchev–Trinajstić information content (AvgIpc) is 2.76. The Kier molecular flexibility index (Phi) is 6.53. The molecule has 4 rings (SSSR count). The zero-order chi connectivity index (χ0) is 23.7. The molecular formula is C27H32O4SSi. The standard InChI is InChI=1S/C27H32O4SSi/c1-21-18-19-23(32(28,29)30-22-12-11-13-22)20-26(21)31-33(27(2,3)4,24-14-7-5-8-15-24)25-16-9-6-10-17-25/h5-10,14-20,22H,11-13H2,1-4H3. The van der Waals surface area contributed by atoms with Crippen molar-refractivity contribution in [3.8, 4) is 5.75 Å². The van der Waals surface area contributed by atoms with Crippen LogP contribution in [-0.2, 0) is 14.3 Å². The first-order chi connectivity index (χ1) is 15.6. The molecule has 174 valence electrons. The summed E-state index contributed by atoms with van der Waals surface area (Å²) in [5, 5.41) is 2.06. The molecule has 0 bridgehead atoms. The highest BCUT2D eigenvalue weighted by molar-refractivity contribution is 7.86. The lowest BCUT2D eigenvalue weighted by molar-refractivity contribution is 0.127. The molecule has 4 nitrogen and oxygen atoms in total. The van der Waals surface area contributed by atoms with Crippen molar-refractivity contribution in [3.05, 3.63) is 84.4 Å². The van der Waals surface area contributed by atoms with Crippen LogP contribution in [0.2, 0.25) is 5.04 Å². The highest BCUT2D eigenvalue weighted by atomic mass is 32.2. The average molecular weight is 481 g/mol. The molecule has 0 atom stereocenters. The van der Waals surface area contributed by atoms with E-state index in [0.717, 1.165) is 35.2 Å². The topological polar surface area (TPSA) is 52.6 Å². The van der Waals surface area contributed by atoms with Crippen LogP contribution in [0.5, 0.6) is 5.75 Å². The van der Waals surface area contributed by atoms with Crippen molar-refractivity contribution in [2.45, 2.75) is 63.0 Å². The zero-order valence-electron chi connectivity index (χ0n) is 19.7. The summed E-state index contributed by atoms with van der Waals surface area (Å²) in [7, 11) is -6.71. The molecule has 3 aromatic rings. The van der Waals surface area contributed by atoms with Crippen LogP contribution in [0.3, 0.4) is 0 Å². The van der Waals surface area contributed by atoms with E-state index in [0.29, 0.717) is 5.75 Å². The van der Waals surface area contributed by atoms with Gasteiger partial charge in [-0.25, -0.2) is 0 Å². The van der Waals surface area contributed by atoms with Crippen LogP contribution < -0.4 is 14.8 Å². The van der Waals surface area contributed by atoms with E-state index in [1.165, 1.54) is 0 Å². The summed E-state index contributed by atoms with van der Waals surface area (Å²) >= 11 is 0. The van der Waals surface area contributed by atoms with Crippen molar-refractivity contribution in [2.24, 2.45) is 0 Å². The van der Waals surface area contributed by atoms with E-state index in [4.69, 9.17) is 8.61 Å². The van der Waals surface area contributed by atoms with E-state index in [9.17, 15) is 8.42 Å². The molecule has 0 unspecified atom stereocenters. The molecular weight excluding hydrogens is 448 g/mol. The SMILES string of the molecule is Cc1ccc(S(=O)(=O)OC2CCC2)cc1O[Si](c1ccccc1)(c1ccccc1)C(C)(C)C. The van der Waals surface area contributed by atoms with Crippen molar-refractivity contribution in [3.63, 3.8) is 0 Å². The molecule has 1 aliphatic rings. The number of aryl methyl sites for hydroxylation is 1. The monoisotopic (exact) mass is 480 g/mol. The van der Waals surface area contributed by atoms with Crippen LogP contribution in [0, 0.1) is 6.92 Å². The summed E-state index contributed by atoms with van der Waals surface area (Å²) in [4.78, 5) is 0.146. The molecule has 1 fully saturated rings. The zero-order valence-corrected chi connectivity index (χ0v) is 21.6. The van der Waals surface area contributed by atoms with Gasteiger partial charge in [-0.1, -0.05) is 87.5 Å². The molecule has 0 aliphatic heterocycles. The fourth-order valence-corrected chi connectivity index (χ4v) is 9.99. The lowest BCUT2D eigenvalue weighted by atomic mass is 9.97. The second kappa shape index (κ2) is 9.09. The fourth-order valence-electron chi connectivity index (χ4n) is 4.36. The van der Waals surface area contributed by atoms with Crippen molar-refractivity contribution in [2.75, 3.05) is 0 Å². The Morgan fingerprint density at radius 2 is 1.39 bits per heavy atom. The molecule has 0 aromatic heterocycles. The van der Waals surface area contributed by atoms with Gasteiger partial charge in [0.25, 0.3) is 10.1 Å². The summed E-state index contributed by atoms with van der Waals surface area (Å²) in [6.45, 7) is 8.56. The smallest absolute Gasteiger partial charge is 0.319 e. The van der Waals surface area contributed by atoms with Gasteiger partial charge in [-0.2, -0.15) is 8.42 Å². The molecule has 1 saturated carbocycles. The van der Waals surface area contributed by atoms with Gasteiger partial charge in [0.15, 0.2) is 0 Å². The van der Waals surface area contributed by atoms with E-state index < -0.39 is 18.4 Å². The first-order valence-corrected chi connectivity index (χ1v) is 14.8. The maximum Gasteiger partial charge on any atom is 0.319 e. The second-order valence-corrected chi connectivity index (χ2v) is 15.6. The van der Waals surface area contributed by atoms with Gasteiger partial charge in [0, 0.05) is 6.07 Å². The minimum atomic E-state index is -3.84. The minimum Gasteiger partial charge on any atom is -0.534 e. The van der Waals surface area contributed by atoms with Crippen LogP contribution in [-0.4, -0.2) is 22.8 Å². The Balaban J connectivity index is 1.85. The summed E-state index contributed by atoms with van der Waals surface area (Å²) in [6, 6.07) is 25.7. The Bertz CT molecular complexity index is 1160. The largest absolute Gasteiger partial charge is 0.534 e. The Hall–Kier alpha value is -2.41. The fraction of sp³-hybridized carbons (Fsp3) is 0.333. The third-order valence-electron chi connectivity index (χ3n) is 6.44. The van der Waals surface area contributed by atoms with Crippen molar-refractivity contribution < 1.29 is 17.0 Å². The van der Waals surface area contributed by atoms with Gasteiger partial charge in [-0.05, 0) is 53.2 Å². The number of hydrogen-bond acceptors (Lipinski definition) is 4. The lowest BCUT2D eigenvalue weighted by Crippen LogP contribution is -2.68. The summed E-state index contributed by atoms with van der Waals surface area (Å²) in [5.41, 5.74) is 0.894. The van der Waals surface area contributed by atoms with Crippen LogP contribution >= 0.6 is 0 Å². The van der Waals surface area contributed by atoms with Gasteiger partial charge in [-0.15, -0.1) is 0 Å². The highest BCUT2D eigenvalue weighted by Gasteiger charge is 2.52.